The fraction of sp³-hybridized carbons (Fsp3) is 0.632. The Balaban J connectivity index is 0.00000225. The van der Waals surface area contributed by atoms with Crippen LogP contribution in [-0.4, -0.2) is 44.2 Å². The molecule has 2 fully saturated rings. The second-order valence-electron chi connectivity index (χ2n) is 7.11. The summed E-state index contributed by atoms with van der Waals surface area (Å²) in [6, 6.07) is 6.99. The van der Waals surface area contributed by atoms with Gasteiger partial charge in [-0.05, 0) is 43.7 Å². The Hall–Kier alpha value is -1.46. The summed E-state index contributed by atoms with van der Waals surface area (Å²) in [6.45, 7) is 0.559. The van der Waals surface area contributed by atoms with E-state index >= 15 is 0 Å². The van der Waals surface area contributed by atoms with Gasteiger partial charge in [-0.2, -0.15) is 0 Å². The van der Waals surface area contributed by atoms with E-state index in [-0.39, 0.29) is 18.3 Å². The summed E-state index contributed by atoms with van der Waals surface area (Å²) in [6.07, 6.45) is 5.48. The van der Waals surface area contributed by atoms with Gasteiger partial charge in [0.05, 0.1) is 14.2 Å². The molecule has 0 aromatic heterocycles. The van der Waals surface area contributed by atoms with Gasteiger partial charge in [0.25, 0.3) is 0 Å². The molecule has 2 aliphatic rings. The van der Waals surface area contributed by atoms with Gasteiger partial charge in [-0.15, -0.1) is 12.4 Å². The average molecular weight is 369 g/mol. The third-order valence-electron chi connectivity index (χ3n) is 5.36. The molecule has 1 aromatic rings. The van der Waals surface area contributed by atoms with Crippen LogP contribution in [0.3, 0.4) is 0 Å². The number of nitrogens with one attached hydrogen (secondary N) is 1. The largest absolute Gasteiger partial charge is 0.497 e. The Morgan fingerprint density at radius 2 is 1.88 bits per heavy atom. The van der Waals surface area contributed by atoms with Crippen LogP contribution in [0.5, 0.6) is 11.5 Å². The van der Waals surface area contributed by atoms with E-state index in [1.165, 1.54) is 12.8 Å². The molecule has 1 aromatic carbocycles. The Labute approximate surface area is 156 Å². The minimum Gasteiger partial charge on any atom is -0.497 e. The number of carbonyl (C=O) groups excluding carboxylic acids is 1. The number of halogens is 1. The first-order valence-electron chi connectivity index (χ1n) is 8.80. The molecule has 2 atom stereocenters. The smallest absolute Gasteiger partial charge is 0.222 e. The predicted molar refractivity (Wildman–Crippen MR) is 101 cm³/mol. The van der Waals surface area contributed by atoms with Gasteiger partial charge in [0.15, 0.2) is 0 Å². The summed E-state index contributed by atoms with van der Waals surface area (Å²) in [7, 11) is 5.16. The van der Waals surface area contributed by atoms with Crippen LogP contribution in [0, 0.1) is 5.92 Å². The second kappa shape index (κ2) is 8.77. The molecule has 5 nitrogen and oxygen atoms in total. The molecule has 2 bridgehead atoms. The van der Waals surface area contributed by atoms with Gasteiger partial charge in [0.1, 0.15) is 11.5 Å². The molecule has 0 aliphatic carbocycles. The van der Waals surface area contributed by atoms with Crippen molar-refractivity contribution in [3.8, 4) is 11.5 Å². The molecule has 1 N–H and O–H groups in total. The molecule has 0 spiro atoms. The molecule has 2 unspecified atom stereocenters. The number of rotatable bonds is 6. The summed E-state index contributed by atoms with van der Waals surface area (Å²) in [5.41, 5.74) is 1.000. The molecule has 1 amide bonds. The van der Waals surface area contributed by atoms with E-state index < -0.39 is 0 Å². The van der Waals surface area contributed by atoms with E-state index in [2.05, 4.69) is 5.32 Å². The predicted octanol–water partition coefficient (Wildman–Crippen LogP) is 3.00. The lowest BCUT2D eigenvalue weighted by molar-refractivity contribution is -0.131. The number of fused-ring (bicyclic) bond motifs is 2. The molecule has 0 saturated carbocycles. The highest BCUT2D eigenvalue weighted by Crippen LogP contribution is 2.33. The molecule has 2 saturated heterocycles. The zero-order chi connectivity index (χ0) is 17.1. The molecular formula is C19H29ClN2O3. The maximum atomic E-state index is 12.6. The van der Waals surface area contributed by atoms with Crippen molar-refractivity contribution in [3.05, 3.63) is 23.8 Å². The van der Waals surface area contributed by atoms with E-state index in [9.17, 15) is 4.79 Å². The van der Waals surface area contributed by atoms with E-state index in [0.29, 0.717) is 31.0 Å². The Morgan fingerprint density at radius 1 is 1.20 bits per heavy atom. The van der Waals surface area contributed by atoms with Crippen LogP contribution in [0.2, 0.25) is 0 Å². The SMILES string of the molecule is COc1ccc(CN(C)C(=O)CC2CC3CCC(C2)N3)c(OC)c1.Cl. The monoisotopic (exact) mass is 368 g/mol. The highest BCUT2D eigenvalue weighted by atomic mass is 35.5. The Morgan fingerprint density at radius 3 is 2.48 bits per heavy atom. The summed E-state index contributed by atoms with van der Waals surface area (Å²) in [5.74, 6) is 2.26. The van der Waals surface area contributed by atoms with Crippen LogP contribution in [-0.2, 0) is 11.3 Å². The lowest BCUT2D eigenvalue weighted by Gasteiger charge is -2.30. The van der Waals surface area contributed by atoms with Gasteiger partial charge in [-0.3, -0.25) is 4.79 Å². The maximum Gasteiger partial charge on any atom is 0.222 e. The van der Waals surface area contributed by atoms with Crippen molar-refractivity contribution in [2.45, 2.75) is 50.7 Å². The van der Waals surface area contributed by atoms with Gasteiger partial charge in [0, 0.05) is 43.7 Å². The van der Waals surface area contributed by atoms with Crippen LogP contribution in [0.25, 0.3) is 0 Å². The van der Waals surface area contributed by atoms with Gasteiger partial charge < -0.3 is 19.7 Å². The molecule has 6 heteroatoms. The molecular weight excluding hydrogens is 340 g/mol. The number of carbonyl (C=O) groups is 1. The average Bonchev–Trinajstić information content (AvgIpc) is 2.93. The molecule has 2 aliphatic heterocycles. The minimum atomic E-state index is 0. The van der Waals surface area contributed by atoms with Crippen molar-refractivity contribution < 1.29 is 14.3 Å². The first-order chi connectivity index (χ1) is 11.6. The second-order valence-corrected chi connectivity index (χ2v) is 7.11. The lowest BCUT2D eigenvalue weighted by atomic mass is 9.89. The van der Waals surface area contributed by atoms with Crippen LogP contribution >= 0.6 is 12.4 Å². The van der Waals surface area contributed by atoms with E-state index in [1.807, 2.05) is 30.1 Å². The topological polar surface area (TPSA) is 50.8 Å². The number of hydrogen-bond donors (Lipinski definition) is 1. The molecule has 0 radical (unpaired) electrons. The zero-order valence-corrected chi connectivity index (χ0v) is 16.1. The normalized spacial score (nSPS) is 24.4. The van der Waals surface area contributed by atoms with E-state index in [4.69, 9.17) is 9.47 Å². The minimum absolute atomic E-state index is 0. The third-order valence-corrected chi connectivity index (χ3v) is 5.36. The van der Waals surface area contributed by atoms with E-state index in [0.717, 1.165) is 29.9 Å². The number of methoxy groups -OCH3 is 2. The van der Waals surface area contributed by atoms with Crippen molar-refractivity contribution in [1.29, 1.82) is 0 Å². The standard InChI is InChI=1S/C19H28N2O3.ClH/c1-21(12-14-4-7-17(23-2)11-18(14)24-3)19(22)10-13-8-15-5-6-16(9-13)20-15;/h4,7,11,13,15-16,20H,5-6,8-10,12H2,1-3H3;1H. The molecule has 25 heavy (non-hydrogen) atoms. The zero-order valence-electron chi connectivity index (χ0n) is 15.3. The van der Waals surface area contributed by atoms with Crippen molar-refractivity contribution in [3.63, 3.8) is 0 Å². The van der Waals surface area contributed by atoms with Gasteiger partial charge in [-0.25, -0.2) is 0 Å². The van der Waals surface area contributed by atoms with E-state index in [1.54, 1.807) is 14.2 Å². The van der Waals surface area contributed by atoms with Gasteiger partial charge in [-0.1, -0.05) is 0 Å². The van der Waals surface area contributed by atoms with Crippen molar-refractivity contribution in [1.82, 2.24) is 10.2 Å². The molecule has 2 heterocycles. The van der Waals surface area contributed by atoms with Crippen molar-refractivity contribution in [2.75, 3.05) is 21.3 Å². The highest BCUT2D eigenvalue weighted by molar-refractivity contribution is 5.85. The first-order valence-corrected chi connectivity index (χ1v) is 8.80. The number of hydrogen-bond acceptors (Lipinski definition) is 4. The van der Waals surface area contributed by atoms with Crippen LogP contribution in [0.15, 0.2) is 18.2 Å². The summed E-state index contributed by atoms with van der Waals surface area (Å²) < 4.78 is 10.7. The van der Waals surface area contributed by atoms with Gasteiger partial charge in [0.2, 0.25) is 5.91 Å². The first kappa shape index (κ1) is 19.9. The number of nitrogens with zero attached hydrogens (tertiary/aromatic N) is 1. The maximum absolute atomic E-state index is 12.6. The van der Waals surface area contributed by atoms with Crippen LogP contribution in [0.1, 0.15) is 37.7 Å². The summed E-state index contributed by atoms with van der Waals surface area (Å²) in [4.78, 5) is 14.4. The lowest BCUT2D eigenvalue weighted by Crippen LogP contribution is -2.39. The Kier molecular flexibility index (Phi) is 6.96. The highest BCUT2D eigenvalue weighted by Gasteiger charge is 2.34. The van der Waals surface area contributed by atoms with Crippen LogP contribution < -0.4 is 14.8 Å². The van der Waals surface area contributed by atoms with Crippen molar-refractivity contribution >= 4 is 18.3 Å². The number of benzene rings is 1. The quantitative estimate of drug-likeness (QED) is 0.838. The van der Waals surface area contributed by atoms with Gasteiger partial charge >= 0.3 is 0 Å². The number of piperidine rings is 1. The summed E-state index contributed by atoms with van der Waals surface area (Å²) in [5, 5.41) is 3.64. The Bertz CT molecular complexity index is 584. The fourth-order valence-electron chi connectivity index (χ4n) is 4.07. The van der Waals surface area contributed by atoms with Crippen LogP contribution in [0.4, 0.5) is 0 Å². The fourth-order valence-corrected chi connectivity index (χ4v) is 4.07. The molecule has 3 rings (SSSR count). The number of ether oxygens (including phenoxy) is 2. The number of amides is 1. The molecule has 140 valence electrons. The third kappa shape index (κ3) is 4.79. The van der Waals surface area contributed by atoms with Crippen molar-refractivity contribution in [2.24, 2.45) is 5.92 Å². The summed E-state index contributed by atoms with van der Waals surface area (Å²) >= 11 is 0.